The first kappa shape index (κ1) is 9.02. The second kappa shape index (κ2) is 2.74. The number of alkyl halides is 1. The van der Waals surface area contributed by atoms with Crippen LogP contribution in [0.2, 0.25) is 0 Å². The standard InChI is InChI=1S/C7H13BrO/c1-5(2)6(9)7(3,4)8/h9H,1-4H3. The molecule has 2 heteroatoms. The Morgan fingerprint density at radius 3 is 1.67 bits per heavy atom. The van der Waals surface area contributed by atoms with Gasteiger partial charge >= 0.3 is 0 Å². The van der Waals surface area contributed by atoms with Crippen LogP contribution in [0.5, 0.6) is 0 Å². The molecule has 0 saturated heterocycles. The molecule has 0 amide bonds. The van der Waals surface area contributed by atoms with Gasteiger partial charge < -0.3 is 5.11 Å². The van der Waals surface area contributed by atoms with Crippen LogP contribution >= 0.6 is 15.9 Å². The number of aliphatic hydroxyl groups excluding tert-OH is 1. The van der Waals surface area contributed by atoms with Crippen molar-refractivity contribution in [3.05, 3.63) is 11.3 Å². The zero-order chi connectivity index (χ0) is 7.65. The van der Waals surface area contributed by atoms with E-state index < -0.39 is 0 Å². The van der Waals surface area contributed by atoms with Crippen LogP contribution in [0.3, 0.4) is 0 Å². The molecule has 9 heavy (non-hydrogen) atoms. The second-order valence-electron chi connectivity index (χ2n) is 2.82. The monoisotopic (exact) mass is 192 g/mol. The highest BCUT2D eigenvalue weighted by atomic mass is 79.9. The zero-order valence-corrected chi connectivity index (χ0v) is 7.91. The number of rotatable bonds is 1. The van der Waals surface area contributed by atoms with Crippen molar-refractivity contribution in [2.75, 3.05) is 0 Å². The third-order valence-corrected chi connectivity index (χ3v) is 1.41. The Labute approximate surface area is 64.9 Å². The first-order valence-electron chi connectivity index (χ1n) is 2.91. The van der Waals surface area contributed by atoms with Crippen molar-refractivity contribution >= 4 is 15.9 Å². The van der Waals surface area contributed by atoms with Crippen LogP contribution in [-0.4, -0.2) is 9.43 Å². The van der Waals surface area contributed by atoms with Crippen molar-refractivity contribution in [3.8, 4) is 0 Å². The van der Waals surface area contributed by atoms with E-state index in [0.717, 1.165) is 5.57 Å². The maximum atomic E-state index is 9.30. The topological polar surface area (TPSA) is 20.2 Å². The maximum absolute atomic E-state index is 9.30. The molecule has 0 bridgehead atoms. The van der Waals surface area contributed by atoms with E-state index in [4.69, 9.17) is 0 Å². The van der Waals surface area contributed by atoms with Gasteiger partial charge in [-0.2, -0.15) is 0 Å². The average molecular weight is 193 g/mol. The lowest BCUT2D eigenvalue weighted by molar-refractivity contribution is 0.363. The van der Waals surface area contributed by atoms with Gasteiger partial charge in [-0.15, -0.1) is 0 Å². The molecule has 0 atom stereocenters. The normalized spacial score (nSPS) is 11.2. The van der Waals surface area contributed by atoms with Crippen LogP contribution in [0.15, 0.2) is 11.3 Å². The molecule has 1 N–H and O–H groups in total. The Morgan fingerprint density at radius 1 is 1.33 bits per heavy atom. The fourth-order valence-electron chi connectivity index (χ4n) is 0.594. The summed E-state index contributed by atoms with van der Waals surface area (Å²) in [6.45, 7) is 7.60. The molecule has 0 aliphatic rings. The van der Waals surface area contributed by atoms with Gasteiger partial charge in [-0.1, -0.05) is 15.9 Å². The lowest BCUT2D eigenvalue weighted by Crippen LogP contribution is -2.13. The number of halogens is 1. The van der Waals surface area contributed by atoms with E-state index >= 15 is 0 Å². The number of hydrogen-bond acceptors (Lipinski definition) is 1. The summed E-state index contributed by atoms with van der Waals surface area (Å²) in [5, 5.41) is 9.30. The summed E-state index contributed by atoms with van der Waals surface area (Å²) < 4.78 is -0.272. The largest absolute Gasteiger partial charge is 0.511 e. The van der Waals surface area contributed by atoms with E-state index in [0.29, 0.717) is 5.76 Å². The summed E-state index contributed by atoms with van der Waals surface area (Å²) >= 11 is 3.34. The first-order valence-corrected chi connectivity index (χ1v) is 3.71. The Hall–Kier alpha value is 0.0200. The molecule has 0 aromatic rings. The number of aliphatic hydroxyl groups is 1. The fraction of sp³-hybridized carbons (Fsp3) is 0.714. The van der Waals surface area contributed by atoms with Crippen LogP contribution in [-0.2, 0) is 0 Å². The van der Waals surface area contributed by atoms with Crippen LogP contribution in [0, 0.1) is 0 Å². The van der Waals surface area contributed by atoms with Gasteiger partial charge in [-0.25, -0.2) is 0 Å². The van der Waals surface area contributed by atoms with E-state index in [-0.39, 0.29) is 4.32 Å². The van der Waals surface area contributed by atoms with Gasteiger partial charge in [0.1, 0.15) is 5.76 Å². The molecule has 0 spiro atoms. The average Bonchev–Trinajstić information content (AvgIpc) is 1.62. The van der Waals surface area contributed by atoms with E-state index in [1.165, 1.54) is 0 Å². The molecule has 0 aromatic heterocycles. The predicted octanol–water partition coefficient (Wildman–Crippen LogP) is 3.01. The minimum Gasteiger partial charge on any atom is -0.511 e. The summed E-state index contributed by atoms with van der Waals surface area (Å²) in [6.07, 6.45) is 0. The highest BCUT2D eigenvalue weighted by molar-refractivity contribution is 9.10. The van der Waals surface area contributed by atoms with Crippen molar-refractivity contribution in [3.63, 3.8) is 0 Å². The molecule has 0 saturated carbocycles. The van der Waals surface area contributed by atoms with Crippen molar-refractivity contribution in [1.82, 2.24) is 0 Å². The quantitative estimate of drug-likeness (QED) is 0.501. The van der Waals surface area contributed by atoms with E-state index in [1.54, 1.807) is 0 Å². The molecule has 54 valence electrons. The van der Waals surface area contributed by atoms with Gasteiger partial charge in [-0.3, -0.25) is 0 Å². The SMILES string of the molecule is CC(C)=C(O)C(C)(C)Br. The summed E-state index contributed by atoms with van der Waals surface area (Å²) in [5.41, 5.74) is 0.955. The number of allylic oxidation sites excluding steroid dienone is 2. The van der Waals surface area contributed by atoms with Crippen molar-refractivity contribution in [1.29, 1.82) is 0 Å². The van der Waals surface area contributed by atoms with Crippen molar-refractivity contribution < 1.29 is 5.11 Å². The fourth-order valence-corrected chi connectivity index (χ4v) is 0.991. The van der Waals surface area contributed by atoms with Gasteiger partial charge in [0.25, 0.3) is 0 Å². The van der Waals surface area contributed by atoms with Gasteiger partial charge in [0, 0.05) is 0 Å². The molecule has 1 nitrogen and oxygen atoms in total. The van der Waals surface area contributed by atoms with Crippen LogP contribution < -0.4 is 0 Å². The molecule has 0 fully saturated rings. The van der Waals surface area contributed by atoms with Crippen molar-refractivity contribution in [2.24, 2.45) is 0 Å². The lowest BCUT2D eigenvalue weighted by Gasteiger charge is -2.16. The minimum atomic E-state index is -0.272. The molecule has 0 radical (unpaired) electrons. The van der Waals surface area contributed by atoms with Gasteiger partial charge in [0.15, 0.2) is 0 Å². The molecule has 0 unspecified atom stereocenters. The third-order valence-electron chi connectivity index (χ3n) is 1.04. The highest BCUT2D eigenvalue weighted by Gasteiger charge is 2.18. The Bertz CT molecular complexity index is 126. The molecule has 0 heterocycles. The Morgan fingerprint density at radius 2 is 1.67 bits per heavy atom. The molecular weight excluding hydrogens is 180 g/mol. The molecule has 0 aliphatic heterocycles. The highest BCUT2D eigenvalue weighted by Crippen LogP contribution is 2.25. The number of hydrogen-bond donors (Lipinski definition) is 1. The molecule has 0 aromatic carbocycles. The second-order valence-corrected chi connectivity index (χ2v) is 4.80. The first-order chi connectivity index (χ1) is 3.85. The summed E-state index contributed by atoms with van der Waals surface area (Å²) in [5.74, 6) is 0.419. The zero-order valence-electron chi connectivity index (χ0n) is 6.33. The van der Waals surface area contributed by atoms with Gasteiger partial charge in [-0.05, 0) is 33.3 Å². The smallest absolute Gasteiger partial charge is 0.107 e. The van der Waals surface area contributed by atoms with E-state index in [9.17, 15) is 5.11 Å². The molecule has 0 rings (SSSR count). The Balaban J connectivity index is 4.40. The predicted molar refractivity (Wildman–Crippen MR) is 44.0 cm³/mol. The van der Waals surface area contributed by atoms with Crippen LogP contribution in [0.25, 0.3) is 0 Å². The summed E-state index contributed by atoms with van der Waals surface area (Å²) in [6, 6.07) is 0. The lowest BCUT2D eigenvalue weighted by atomic mass is 10.1. The van der Waals surface area contributed by atoms with Crippen LogP contribution in [0.1, 0.15) is 27.7 Å². The van der Waals surface area contributed by atoms with Gasteiger partial charge in [0.05, 0.1) is 4.32 Å². The molecular formula is C7H13BrO. The van der Waals surface area contributed by atoms with E-state index in [1.807, 2.05) is 27.7 Å². The summed E-state index contributed by atoms with van der Waals surface area (Å²) in [4.78, 5) is 0. The maximum Gasteiger partial charge on any atom is 0.107 e. The van der Waals surface area contributed by atoms with Crippen molar-refractivity contribution in [2.45, 2.75) is 32.0 Å². The van der Waals surface area contributed by atoms with Gasteiger partial charge in [0.2, 0.25) is 0 Å². The minimum absolute atomic E-state index is 0.272. The van der Waals surface area contributed by atoms with E-state index in [2.05, 4.69) is 15.9 Å². The summed E-state index contributed by atoms with van der Waals surface area (Å²) in [7, 11) is 0. The van der Waals surface area contributed by atoms with Crippen LogP contribution in [0.4, 0.5) is 0 Å². The Kier molecular flexibility index (Phi) is 2.74. The third kappa shape index (κ3) is 2.89. The molecule has 0 aliphatic carbocycles.